The molecule has 0 atom stereocenters. The van der Waals surface area contributed by atoms with Gasteiger partial charge in [-0.25, -0.2) is 0 Å². The Balaban J connectivity index is 0.00000220. The Hall–Kier alpha value is -0.930. The minimum Gasteiger partial charge on any atom is -0.339 e. The fraction of sp³-hybridized carbons (Fsp3) is 0.462. The van der Waals surface area contributed by atoms with Gasteiger partial charge in [0.25, 0.3) is 11.6 Å². The number of carbonyl (C=O) groups excluding carboxylic acids is 1. The van der Waals surface area contributed by atoms with Crippen LogP contribution in [0.15, 0.2) is 18.2 Å². The molecule has 0 bridgehead atoms. The maximum Gasteiger partial charge on any atom is 0.270 e. The standard InChI is InChI=1S/C13H16IN3O3.ClH/c1-16(9-4-6-15-7-5-9)13(18)11-3-2-10(17(19)20)8-12(11)14;/h2-3,8-9,15H,4-7H2,1H3;1H. The smallest absolute Gasteiger partial charge is 0.270 e. The van der Waals surface area contributed by atoms with E-state index in [9.17, 15) is 14.9 Å². The summed E-state index contributed by atoms with van der Waals surface area (Å²) in [4.78, 5) is 24.5. The zero-order valence-electron chi connectivity index (χ0n) is 11.5. The summed E-state index contributed by atoms with van der Waals surface area (Å²) in [6, 6.07) is 4.59. The van der Waals surface area contributed by atoms with Gasteiger partial charge >= 0.3 is 0 Å². The van der Waals surface area contributed by atoms with Crippen molar-refractivity contribution in [2.75, 3.05) is 20.1 Å². The van der Waals surface area contributed by atoms with E-state index in [0.29, 0.717) is 9.13 Å². The SMILES string of the molecule is CN(C(=O)c1ccc([N+](=O)[O-])cc1I)C1CCNCC1.Cl. The second-order valence-electron chi connectivity index (χ2n) is 4.82. The summed E-state index contributed by atoms with van der Waals surface area (Å²) >= 11 is 1.97. The average Bonchev–Trinajstić information content (AvgIpc) is 2.46. The number of nitrogens with zero attached hydrogens (tertiary/aromatic N) is 2. The number of rotatable bonds is 3. The van der Waals surface area contributed by atoms with Crippen LogP contribution in [0.3, 0.4) is 0 Å². The molecule has 116 valence electrons. The predicted octanol–water partition coefficient (Wildman–Crippen LogP) is 2.45. The molecular formula is C13H17ClIN3O3. The van der Waals surface area contributed by atoms with Crippen molar-refractivity contribution in [2.24, 2.45) is 0 Å². The van der Waals surface area contributed by atoms with E-state index in [1.807, 2.05) is 22.6 Å². The van der Waals surface area contributed by atoms with Crippen LogP contribution in [0, 0.1) is 13.7 Å². The van der Waals surface area contributed by atoms with Crippen LogP contribution >= 0.6 is 35.0 Å². The number of hydrogen-bond acceptors (Lipinski definition) is 4. The first kappa shape index (κ1) is 18.1. The molecule has 1 aliphatic heterocycles. The largest absolute Gasteiger partial charge is 0.339 e. The van der Waals surface area contributed by atoms with Gasteiger partial charge in [0.05, 0.1) is 10.5 Å². The van der Waals surface area contributed by atoms with E-state index >= 15 is 0 Å². The molecule has 1 fully saturated rings. The van der Waals surface area contributed by atoms with E-state index in [0.717, 1.165) is 25.9 Å². The molecule has 0 aromatic heterocycles. The normalized spacial score (nSPS) is 15.1. The minimum atomic E-state index is -0.451. The van der Waals surface area contributed by atoms with Gasteiger partial charge in [-0.15, -0.1) is 12.4 Å². The molecule has 0 aliphatic carbocycles. The minimum absolute atomic E-state index is 0. The average molecular weight is 426 g/mol. The number of piperidine rings is 1. The van der Waals surface area contributed by atoms with Crippen molar-refractivity contribution in [3.05, 3.63) is 37.4 Å². The van der Waals surface area contributed by atoms with Crippen LogP contribution in [0.25, 0.3) is 0 Å². The first-order chi connectivity index (χ1) is 9.50. The van der Waals surface area contributed by atoms with Crippen molar-refractivity contribution in [3.63, 3.8) is 0 Å². The topological polar surface area (TPSA) is 75.5 Å². The predicted molar refractivity (Wildman–Crippen MR) is 91.0 cm³/mol. The summed E-state index contributed by atoms with van der Waals surface area (Å²) in [5, 5.41) is 14.0. The molecule has 1 aliphatic rings. The van der Waals surface area contributed by atoms with Gasteiger partial charge in [-0.1, -0.05) is 0 Å². The van der Waals surface area contributed by atoms with E-state index in [-0.39, 0.29) is 30.0 Å². The van der Waals surface area contributed by atoms with Gasteiger partial charge in [0.15, 0.2) is 0 Å². The molecule has 1 N–H and O–H groups in total. The highest BCUT2D eigenvalue weighted by atomic mass is 127. The molecule has 1 aromatic carbocycles. The molecule has 21 heavy (non-hydrogen) atoms. The van der Waals surface area contributed by atoms with Crippen LogP contribution in [-0.2, 0) is 0 Å². The van der Waals surface area contributed by atoms with Crippen molar-refractivity contribution in [1.29, 1.82) is 0 Å². The second-order valence-corrected chi connectivity index (χ2v) is 5.98. The quantitative estimate of drug-likeness (QED) is 0.458. The summed E-state index contributed by atoms with van der Waals surface area (Å²) in [5.74, 6) is -0.0730. The third kappa shape index (κ3) is 4.27. The van der Waals surface area contributed by atoms with E-state index in [2.05, 4.69) is 5.32 Å². The Morgan fingerprint density at radius 3 is 2.57 bits per heavy atom. The second kappa shape index (κ2) is 7.90. The molecule has 0 radical (unpaired) electrons. The fourth-order valence-electron chi connectivity index (χ4n) is 2.34. The lowest BCUT2D eigenvalue weighted by Gasteiger charge is -2.31. The molecule has 1 aromatic rings. The van der Waals surface area contributed by atoms with Crippen LogP contribution in [0.2, 0.25) is 0 Å². The van der Waals surface area contributed by atoms with E-state index in [4.69, 9.17) is 0 Å². The highest BCUT2D eigenvalue weighted by Gasteiger charge is 2.24. The first-order valence-electron chi connectivity index (χ1n) is 6.42. The van der Waals surface area contributed by atoms with E-state index in [1.54, 1.807) is 18.0 Å². The molecule has 8 heteroatoms. The van der Waals surface area contributed by atoms with Gasteiger partial charge < -0.3 is 10.2 Å². The summed E-state index contributed by atoms with van der Waals surface area (Å²) in [5.41, 5.74) is 0.535. The molecule has 6 nitrogen and oxygen atoms in total. The first-order valence-corrected chi connectivity index (χ1v) is 7.50. The lowest BCUT2D eigenvalue weighted by molar-refractivity contribution is -0.384. The van der Waals surface area contributed by atoms with Crippen LogP contribution in [0.1, 0.15) is 23.2 Å². The number of hydrogen-bond donors (Lipinski definition) is 1. The third-order valence-corrected chi connectivity index (χ3v) is 4.46. The number of nitrogens with one attached hydrogen (secondary N) is 1. The molecule has 0 unspecified atom stereocenters. The Bertz CT molecular complexity index is 535. The number of carbonyl (C=O) groups is 1. The van der Waals surface area contributed by atoms with Crippen molar-refractivity contribution in [1.82, 2.24) is 10.2 Å². The monoisotopic (exact) mass is 425 g/mol. The summed E-state index contributed by atoms with van der Waals surface area (Å²) in [7, 11) is 1.80. The number of amides is 1. The molecule has 1 heterocycles. The Labute approximate surface area is 143 Å². The van der Waals surface area contributed by atoms with Crippen molar-refractivity contribution < 1.29 is 9.72 Å². The van der Waals surface area contributed by atoms with Crippen molar-refractivity contribution in [2.45, 2.75) is 18.9 Å². The number of halogens is 2. The molecule has 1 saturated heterocycles. The molecule has 1 amide bonds. The lowest BCUT2D eigenvalue weighted by atomic mass is 10.0. The number of nitro benzene ring substituents is 1. The summed E-state index contributed by atoms with van der Waals surface area (Å²) in [6.07, 6.45) is 1.87. The molecular weight excluding hydrogens is 409 g/mol. The maximum absolute atomic E-state index is 12.5. The summed E-state index contributed by atoms with van der Waals surface area (Å²) < 4.78 is 0.614. The zero-order valence-corrected chi connectivity index (χ0v) is 14.5. The summed E-state index contributed by atoms with van der Waals surface area (Å²) in [6.45, 7) is 1.83. The van der Waals surface area contributed by atoms with E-state index in [1.165, 1.54) is 12.1 Å². The van der Waals surface area contributed by atoms with Gasteiger partial charge in [-0.2, -0.15) is 0 Å². The van der Waals surface area contributed by atoms with Gasteiger partial charge in [-0.3, -0.25) is 14.9 Å². The van der Waals surface area contributed by atoms with Crippen molar-refractivity contribution in [3.8, 4) is 0 Å². The maximum atomic E-state index is 12.5. The van der Waals surface area contributed by atoms with Crippen molar-refractivity contribution >= 4 is 46.6 Å². The molecule has 0 spiro atoms. The lowest BCUT2D eigenvalue weighted by Crippen LogP contribution is -2.44. The number of non-ortho nitro benzene ring substituents is 1. The Morgan fingerprint density at radius 1 is 1.43 bits per heavy atom. The van der Waals surface area contributed by atoms with Crippen LogP contribution < -0.4 is 5.32 Å². The highest BCUT2D eigenvalue weighted by Crippen LogP contribution is 2.22. The fourth-order valence-corrected chi connectivity index (χ4v) is 3.07. The highest BCUT2D eigenvalue weighted by molar-refractivity contribution is 14.1. The Morgan fingerprint density at radius 2 is 2.05 bits per heavy atom. The van der Waals surface area contributed by atoms with Gasteiger partial charge in [0.1, 0.15) is 0 Å². The molecule has 0 saturated carbocycles. The third-order valence-electron chi connectivity index (χ3n) is 3.57. The Kier molecular flexibility index (Phi) is 6.82. The van der Waals surface area contributed by atoms with Crippen LogP contribution in [0.5, 0.6) is 0 Å². The van der Waals surface area contributed by atoms with Gasteiger partial charge in [0, 0.05) is 28.8 Å². The molecule has 2 rings (SSSR count). The van der Waals surface area contributed by atoms with Gasteiger partial charge in [0.2, 0.25) is 0 Å². The zero-order chi connectivity index (χ0) is 14.7. The van der Waals surface area contributed by atoms with E-state index < -0.39 is 4.92 Å². The van der Waals surface area contributed by atoms with Crippen LogP contribution in [0.4, 0.5) is 5.69 Å². The number of benzene rings is 1. The van der Waals surface area contributed by atoms with Gasteiger partial charge in [-0.05, 0) is 54.6 Å². The number of nitro groups is 1. The van der Waals surface area contributed by atoms with Crippen LogP contribution in [-0.4, -0.2) is 41.9 Å².